The third kappa shape index (κ3) is 3.36. The van der Waals surface area contributed by atoms with Crippen molar-refractivity contribution in [2.75, 3.05) is 6.61 Å². The molecule has 0 aliphatic rings. The molecule has 0 aliphatic carbocycles. The van der Waals surface area contributed by atoms with Crippen LogP contribution in [0.5, 0.6) is 0 Å². The lowest BCUT2D eigenvalue weighted by Crippen LogP contribution is -2.24. The van der Waals surface area contributed by atoms with Crippen molar-refractivity contribution >= 4 is 9.84 Å². The van der Waals surface area contributed by atoms with Gasteiger partial charge in [-0.15, -0.1) is 0 Å². The molecule has 0 radical (unpaired) electrons. The number of aliphatic hydroxyl groups excluding tert-OH is 1. The van der Waals surface area contributed by atoms with Gasteiger partial charge in [0, 0.05) is 12.5 Å². The Bertz CT molecular complexity index is 692. The Morgan fingerprint density at radius 1 is 1.05 bits per heavy atom. The second-order valence-corrected chi connectivity index (χ2v) is 7.25. The molecule has 118 valence electrons. The first-order chi connectivity index (χ1) is 10.5. The number of hydrogen-bond donors (Lipinski definition) is 1. The average molecular weight is 322 g/mol. The van der Waals surface area contributed by atoms with Gasteiger partial charge in [0.05, 0.1) is 10.1 Å². The maximum Gasteiger partial charge on any atom is 0.185 e. The van der Waals surface area contributed by atoms with E-state index in [0.29, 0.717) is 12.0 Å². The fraction of sp³-hybridized carbons (Fsp3) is 0.294. The van der Waals surface area contributed by atoms with Crippen molar-refractivity contribution in [3.8, 4) is 0 Å². The molecule has 0 spiro atoms. The first kappa shape index (κ1) is 16.6. The van der Waals surface area contributed by atoms with Gasteiger partial charge < -0.3 is 5.11 Å². The molecule has 22 heavy (non-hydrogen) atoms. The highest BCUT2D eigenvalue weighted by Crippen LogP contribution is 2.36. The molecule has 0 heterocycles. The maximum atomic E-state index is 13.1. The Labute approximate surface area is 130 Å². The molecule has 0 fully saturated rings. The van der Waals surface area contributed by atoms with Crippen LogP contribution in [0.1, 0.15) is 24.2 Å². The van der Waals surface area contributed by atoms with Crippen molar-refractivity contribution in [3.63, 3.8) is 0 Å². The highest BCUT2D eigenvalue weighted by atomic mass is 32.2. The molecule has 0 saturated heterocycles. The van der Waals surface area contributed by atoms with Crippen LogP contribution in [0.4, 0.5) is 4.39 Å². The third-order valence-corrected chi connectivity index (χ3v) is 6.05. The van der Waals surface area contributed by atoms with E-state index >= 15 is 0 Å². The number of sulfone groups is 1. The molecule has 0 amide bonds. The molecule has 0 aromatic heterocycles. The van der Waals surface area contributed by atoms with Crippen LogP contribution in [0.15, 0.2) is 59.5 Å². The Hall–Kier alpha value is -1.72. The predicted octanol–water partition coefficient (Wildman–Crippen LogP) is 3.36. The van der Waals surface area contributed by atoms with Gasteiger partial charge in [0.1, 0.15) is 5.82 Å². The highest BCUT2D eigenvalue weighted by molar-refractivity contribution is 7.91. The van der Waals surface area contributed by atoms with Crippen LogP contribution in [0.25, 0.3) is 0 Å². The summed E-state index contributed by atoms with van der Waals surface area (Å²) in [4.78, 5) is 0.0645. The molecule has 2 rings (SSSR count). The second-order valence-electron chi connectivity index (χ2n) is 5.18. The summed E-state index contributed by atoms with van der Waals surface area (Å²) in [5, 5.41) is 8.74. The molecular formula is C17H19FO3S. The van der Waals surface area contributed by atoms with E-state index in [1.54, 1.807) is 24.3 Å². The first-order valence-corrected chi connectivity index (χ1v) is 8.70. The number of rotatable bonds is 6. The van der Waals surface area contributed by atoms with Gasteiger partial charge in [0.25, 0.3) is 0 Å². The van der Waals surface area contributed by atoms with Gasteiger partial charge in [0.15, 0.2) is 9.84 Å². The van der Waals surface area contributed by atoms with Crippen LogP contribution in [0.3, 0.4) is 0 Å². The summed E-state index contributed by atoms with van der Waals surface area (Å²) in [6.45, 7) is 1.62. The number of aliphatic hydroxyl groups is 1. The summed E-state index contributed by atoms with van der Waals surface area (Å²) in [7, 11) is -3.72. The van der Waals surface area contributed by atoms with Gasteiger partial charge in [-0.25, -0.2) is 12.8 Å². The SMILES string of the molecule is CC[C@@H](CO)C(c1ccccc1)S(=O)(=O)c1ccc(F)cc1. The Balaban J connectivity index is 2.55. The Kier molecular flexibility index (Phi) is 5.32. The minimum Gasteiger partial charge on any atom is -0.396 e. The molecule has 0 saturated carbocycles. The number of hydrogen-bond acceptors (Lipinski definition) is 3. The summed E-state index contributed by atoms with van der Waals surface area (Å²) in [6.07, 6.45) is 0.524. The molecule has 1 N–H and O–H groups in total. The summed E-state index contributed by atoms with van der Waals surface area (Å²) >= 11 is 0. The monoisotopic (exact) mass is 322 g/mol. The topological polar surface area (TPSA) is 54.4 Å². The van der Waals surface area contributed by atoms with Crippen molar-refractivity contribution in [3.05, 3.63) is 66.0 Å². The zero-order valence-corrected chi connectivity index (χ0v) is 13.1. The van der Waals surface area contributed by atoms with Crippen molar-refractivity contribution in [2.45, 2.75) is 23.5 Å². The largest absolute Gasteiger partial charge is 0.396 e. The van der Waals surface area contributed by atoms with Crippen molar-refractivity contribution < 1.29 is 17.9 Å². The van der Waals surface area contributed by atoms with E-state index in [0.717, 1.165) is 12.1 Å². The molecule has 2 aromatic rings. The number of benzene rings is 2. The highest BCUT2D eigenvalue weighted by Gasteiger charge is 2.34. The van der Waals surface area contributed by atoms with Crippen molar-refractivity contribution in [2.24, 2.45) is 5.92 Å². The van der Waals surface area contributed by atoms with Crippen LogP contribution >= 0.6 is 0 Å². The molecule has 2 atom stereocenters. The summed E-state index contributed by atoms with van der Waals surface area (Å²) < 4.78 is 39.0. The fourth-order valence-electron chi connectivity index (χ4n) is 2.56. The quantitative estimate of drug-likeness (QED) is 0.830. The van der Waals surface area contributed by atoms with E-state index < -0.39 is 26.8 Å². The average Bonchev–Trinajstić information content (AvgIpc) is 2.53. The van der Waals surface area contributed by atoms with Crippen LogP contribution in [-0.2, 0) is 9.84 Å². The minimum atomic E-state index is -3.72. The lowest BCUT2D eigenvalue weighted by atomic mass is 9.97. The van der Waals surface area contributed by atoms with Gasteiger partial charge in [-0.2, -0.15) is 0 Å². The lowest BCUT2D eigenvalue weighted by Gasteiger charge is -2.25. The molecule has 2 aromatic carbocycles. The Morgan fingerprint density at radius 2 is 1.64 bits per heavy atom. The van der Waals surface area contributed by atoms with E-state index in [9.17, 15) is 17.9 Å². The predicted molar refractivity (Wildman–Crippen MR) is 83.6 cm³/mol. The number of halogens is 1. The van der Waals surface area contributed by atoms with Crippen LogP contribution < -0.4 is 0 Å². The fourth-order valence-corrected chi connectivity index (χ4v) is 4.67. The third-order valence-electron chi connectivity index (χ3n) is 3.79. The van der Waals surface area contributed by atoms with E-state index in [1.165, 1.54) is 12.1 Å². The van der Waals surface area contributed by atoms with E-state index in [2.05, 4.69) is 0 Å². The summed E-state index contributed by atoms with van der Waals surface area (Å²) in [5.41, 5.74) is 0.632. The van der Waals surface area contributed by atoms with Crippen molar-refractivity contribution in [1.82, 2.24) is 0 Å². The minimum absolute atomic E-state index is 0.0645. The van der Waals surface area contributed by atoms with E-state index in [1.807, 2.05) is 13.0 Å². The van der Waals surface area contributed by atoms with Crippen LogP contribution in [0, 0.1) is 11.7 Å². The van der Waals surface area contributed by atoms with Crippen molar-refractivity contribution in [1.29, 1.82) is 0 Å². The van der Waals surface area contributed by atoms with Gasteiger partial charge in [-0.05, 0) is 36.2 Å². The summed E-state index contributed by atoms with van der Waals surface area (Å²) in [5.74, 6) is -0.901. The molecule has 1 unspecified atom stereocenters. The lowest BCUT2D eigenvalue weighted by molar-refractivity contribution is 0.217. The molecule has 5 heteroatoms. The van der Waals surface area contributed by atoms with Crippen LogP contribution in [0.2, 0.25) is 0 Å². The zero-order chi connectivity index (χ0) is 16.2. The maximum absolute atomic E-state index is 13.1. The first-order valence-electron chi connectivity index (χ1n) is 7.16. The summed E-state index contributed by atoms with van der Waals surface area (Å²) in [6, 6.07) is 13.6. The Morgan fingerprint density at radius 3 is 2.14 bits per heavy atom. The molecular weight excluding hydrogens is 303 g/mol. The zero-order valence-electron chi connectivity index (χ0n) is 12.3. The van der Waals surface area contributed by atoms with Gasteiger partial charge in [0.2, 0.25) is 0 Å². The smallest absolute Gasteiger partial charge is 0.185 e. The van der Waals surface area contributed by atoms with E-state index in [-0.39, 0.29) is 11.5 Å². The normalized spacial score (nSPS) is 14.5. The molecule has 0 aliphatic heterocycles. The van der Waals surface area contributed by atoms with Gasteiger partial charge in [-0.1, -0.05) is 37.3 Å². The van der Waals surface area contributed by atoms with Gasteiger partial charge in [-0.3, -0.25) is 0 Å². The van der Waals surface area contributed by atoms with Crippen LogP contribution in [-0.4, -0.2) is 20.1 Å². The molecule has 3 nitrogen and oxygen atoms in total. The van der Waals surface area contributed by atoms with Gasteiger partial charge >= 0.3 is 0 Å². The second kappa shape index (κ2) is 7.03. The standard InChI is InChI=1S/C17H19FO3S/c1-2-13(12-19)17(14-6-4-3-5-7-14)22(20,21)16-10-8-15(18)9-11-16/h3-11,13,17,19H,2,12H2,1H3/t13-,17?/m0/s1. The molecule has 0 bridgehead atoms. The van der Waals surface area contributed by atoms with E-state index in [4.69, 9.17) is 0 Å².